The summed E-state index contributed by atoms with van der Waals surface area (Å²) in [5.74, 6) is -1.54. The van der Waals surface area contributed by atoms with Crippen molar-refractivity contribution in [2.24, 2.45) is 5.73 Å². The second-order valence-corrected chi connectivity index (χ2v) is 5.05. The van der Waals surface area contributed by atoms with Crippen LogP contribution in [-0.4, -0.2) is 30.4 Å². The molecule has 1 aliphatic rings. The van der Waals surface area contributed by atoms with Gasteiger partial charge in [0.15, 0.2) is 12.7 Å². The molecule has 1 aromatic rings. The molecule has 24 heavy (non-hydrogen) atoms. The number of para-hydroxylation sites is 2. The number of Topliss-reactive ketones (excluding diaryl/α,β-unsaturated/α-hetero) is 1. The van der Waals surface area contributed by atoms with Crippen LogP contribution in [0.25, 0.3) is 0 Å². The molecule has 0 fully saturated rings. The summed E-state index contributed by atoms with van der Waals surface area (Å²) in [6, 6.07) is 8.45. The van der Waals surface area contributed by atoms with Crippen LogP contribution in [0.15, 0.2) is 35.5 Å². The lowest BCUT2D eigenvalue weighted by atomic mass is 10.1. The van der Waals surface area contributed by atoms with Crippen molar-refractivity contribution in [3.8, 4) is 11.8 Å². The molecule has 2 rings (SSSR count). The molecule has 1 atom stereocenters. The molecule has 0 aromatic heterocycles. The quantitative estimate of drug-likeness (QED) is 0.460. The van der Waals surface area contributed by atoms with Crippen LogP contribution in [0.2, 0.25) is 0 Å². The Bertz CT molecular complexity index is 759. The summed E-state index contributed by atoms with van der Waals surface area (Å²) in [4.78, 5) is 35.4. The van der Waals surface area contributed by atoms with E-state index in [1.54, 1.807) is 30.3 Å². The van der Waals surface area contributed by atoms with Crippen LogP contribution < -0.4 is 15.8 Å². The first-order chi connectivity index (χ1) is 11.4. The number of benzene rings is 1. The Hall–Kier alpha value is -3.34. The smallest absolute Gasteiger partial charge is 0.310 e. The van der Waals surface area contributed by atoms with Crippen molar-refractivity contribution in [2.75, 3.05) is 11.9 Å². The average molecular weight is 329 g/mol. The van der Waals surface area contributed by atoms with E-state index in [2.05, 4.69) is 5.32 Å². The first-order valence-corrected chi connectivity index (χ1v) is 7.04. The highest BCUT2D eigenvalue weighted by Gasteiger charge is 2.30. The number of anilines is 1. The van der Waals surface area contributed by atoms with Gasteiger partial charge in [0, 0.05) is 5.70 Å². The van der Waals surface area contributed by atoms with Gasteiger partial charge in [-0.2, -0.15) is 5.26 Å². The molecule has 0 spiro atoms. The number of nitrogens with two attached hydrogens (primary N) is 1. The number of hydrogen-bond acceptors (Lipinski definition) is 7. The Morgan fingerprint density at radius 2 is 2.12 bits per heavy atom. The number of ketones is 1. The van der Waals surface area contributed by atoms with E-state index in [0.29, 0.717) is 11.4 Å². The molecule has 1 unspecified atom stereocenters. The normalized spacial score (nSPS) is 16.7. The van der Waals surface area contributed by atoms with Crippen molar-refractivity contribution in [3.63, 3.8) is 0 Å². The Balaban J connectivity index is 1.92. The molecule has 0 saturated carbocycles. The fourth-order valence-electron chi connectivity index (χ4n) is 2.03. The van der Waals surface area contributed by atoms with Crippen molar-refractivity contribution < 1.29 is 23.9 Å². The van der Waals surface area contributed by atoms with Crippen LogP contribution >= 0.6 is 0 Å². The van der Waals surface area contributed by atoms with Gasteiger partial charge < -0.3 is 20.5 Å². The van der Waals surface area contributed by atoms with E-state index in [0.717, 1.165) is 0 Å². The number of nitrogens with one attached hydrogen (secondary N) is 1. The molecule has 0 aliphatic carbocycles. The Morgan fingerprint density at radius 1 is 1.42 bits per heavy atom. The zero-order valence-corrected chi connectivity index (χ0v) is 12.9. The third kappa shape index (κ3) is 3.89. The summed E-state index contributed by atoms with van der Waals surface area (Å²) >= 11 is 0. The lowest BCUT2D eigenvalue weighted by Gasteiger charge is -2.25. The highest BCUT2D eigenvalue weighted by molar-refractivity contribution is 6.02. The monoisotopic (exact) mass is 329 g/mol. The van der Waals surface area contributed by atoms with Crippen LogP contribution in [0, 0.1) is 11.3 Å². The van der Waals surface area contributed by atoms with Gasteiger partial charge in [-0.05, 0) is 19.1 Å². The molecule has 8 heteroatoms. The van der Waals surface area contributed by atoms with E-state index < -0.39 is 30.4 Å². The number of nitriles is 1. The summed E-state index contributed by atoms with van der Waals surface area (Å²) in [6.07, 6.45) is -1.41. The molecule has 1 aromatic carbocycles. The molecule has 124 valence electrons. The number of carbonyl (C=O) groups excluding carboxylic acids is 3. The molecular formula is C16H15N3O5. The number of nitrogens with zero attached hydrogens (tertiary/aromatic N) is 1. The van der Waals surface area contributed by atoms with Gasteiger partial charge in [-0.25, -0.2) is 0 Å². The minimum atomic E-state index is -1.05. The molecule has 3 N–H and O–H groups in total. The van der Waals surface area contributed by atoms with Crippen LogP contribution in [0.1, 0.15) is 13.3 Å². The van der Waals surface area contributed by atoms with E-state index in [-0.39, 0.29) is 17.7 Å². The predicted octanol–water partition coefficient (Wildman–Crippen LogP) is 0.645. The maximum Gasteiger partial charge on any atom is 0.310 e. The van der Waals surface area contributed by atoms with Gasteiger partial charge >= 0.3 is 5.97 Å². The zero-order chi connectivity index (χ0) is 17.7. The van der Waals surface area contributed by atoms with Gasteiger partial charge in [0.25, 0.3) is 5.91 Å². The number of amides is 1. The highest BCUT2D eigenvalue weighted by Crippen LogP contribution is 2.29. The number of allylic oxidation sites excluding steroid dienone is 1. The number of ether oxygens (including phenoxy) is 2. The van der Waals surface area contributed by atoms with Gasteiger partial charge in [-0.1, -0.05) is 12.1 Å². The van der Waals surface area contributed by atoms with Crippen LogP contribution in [0.5, 0.6) is 5.75 Å². The minimum absolute atomic E-state index is 0.0464. The highest BCUT2D eigenvalue weighted by atomic mass is 16.5. The fraction of sp³-hybridized carbons (Fsp3) is 0.250. The summed E-state index contributed by atoms with van der Waals surface area (Å²) in [7, 11) is 0. The number of fused-ring (bicyclic) bond motifs is 1. The summed E-state index contributed by atoms with van der Waals surface area (Å²) < 4.78 is 10.2. The van der Waals surface area contributed by atoms with E-state index >= 15 is 0 Å². The topological polar surface area (TPSA) is 132 Å². The van der Waals surface area contributed by atoms with E-state index in [1.807, 2.05) is 0 Å². The third-order valence-electron chi connectivity index (χ3n) is 3.21. The van der Waals surface area contributed by atoms with Crippen molar-refractivity contribution in [2.45, 2.75) is 19.4 Å². The maximum absolute atomic E-state index is 11.9. The van der Waals surface area contributed by atoms with Crippen LogP contribution in [-0.2, 0) is 19.1 Å². The molecule has 1 heterocycles. The third-order valence-corrected chi connectivity index (χ3v) is 3.21. The van der Waals surface area contributed by atoms with Gasteiger partial charge in [-0.3, -0.25) is 14.4 Å². The standard InChI is InChI=1S/C16H15N3O5/c1-9(18)10(7-17)12(20)8-23-15(21)6-14-16(22)19-11-4-2-3-5-13(11)24-14/h2-5,14H,6,8,18H2,1H3,(H,19,22)/b10-9-. The van der Waals surface area contributed by atoms with E-state index in [1.165, 1.54) is 6.92 Å². The molecular weight excluding hydrogens is 314 g/mol. The zero-order valence-electron chi connectivity index (χ0n) is 12.9. The SMILES string of the molecule is C/C(N)=C(\C#N)C(=O)COC(=O)CC1Oc2ccccc2NC1=O. The largest absolute Gasteiger partial charge is 0.478 e. The molecule has 8 nitrogen and oxygen atoms in total. The number of hydrogen-bond donors (Lipinski definition) is 2. The van der Waals surface area contributed by atoms with Crippen molar-refractivity contribution >= 4 is 23.3 Å². The van der Waals surface area contributed by atoms with Crippen molar-refractivity contribution in [1.29, 1.82) is 5.26 Å². The number of esters is 1. The number of rotatable bonds is 5. The average Bonchev–Trinajstić information content (AvgIpc) is 2.54. The van der Waals surface area contributed by atoms with Gasteiger partial charge in [0.1, 0.15) is 17.4 Å². The van der Waals surface area contributed by atoms with E-state index in [4.69, 9.17) is 20.5 Å². The lowest BCUT2D eigenvalue weighted by Crippen LogP contribution is -2.39. The summed E-state index contributed by atoms with van der Waals surface area (Å²) in [6.45, 7) is 0.775. The predicted molar refractivity (Wildman–Crippen MR) is 82.6 cm³/mol. The molecule has 0 saturated heterocycles. The molecule has 0 radical (unpaired) electrons. The van der Waals surface area contributed by atoms with Gasteiger partial charge in [0.2, 0.25) is 5.78 Å². The first-order valence-electron chi connectivity index (χ1n) is 7.04. The van der Waals surface area contributed by atoms with Crippen LogP contribution in [0.3, 0.4) is 0 Å². The first kappa shape index (κ1) is 17.0. The summed E-state index contributed by atoms with van der Waals surface area (Å²) in [5.41, 5.74) is 5.69. The molecule has 1 aliphatic heterocycles. The lowest BCUT2D eigenvalue weighted by molar-refractivity contribution is -0.150. The Kier molecular flexibility index (Phi) is 5.16. The Morgan fingerprint density at radius 3 is 2.79 bits per heavy atom. The van der Waals surface area contributed by atoms with E-state index in [9.17, 15) is 14.4 Å². The maximum atomic E-state index is 11.9. The second kappa shape index (κ2) is 7.28. The number of carbonyl (C=O) groups is 3. The van der Waals surface area contributed by atoms with Gasteiger partial charge in [-0.15, -0.1) is 0 Å². The fourth-order valence-corrected chi connectivity index (χ4v) is 2.03. The van der Waals surface area contributed by atoms with Gasteiger partial charge in [0.05, 0.1) is 12.1 Å². The molecule has 0 bridgehead atoms. The van der Waals surface area contributed by atoms with Crippen molar-refractivity contribution in [1.82, 2.24) is 0 Å². The minimum Gasteiger partial charge on any atom is -0.478 e. The van der Waals surface area contributed by atoms with Crippen LogP contribution in [0.4, 0.5) is 5.69 Å². The Labute approximate surface area is 137 Å². The van der Waals surface area contributed by atoms with Crippen molar-refractivity contribution in [3.05, 3.63) is 35.5 Å². The summed E-state index contributed by atoms with van der Waals surface area (Å²) in [5, 5.41) is 11.4. The molecule has 1 amide bonds. The second-order valence-electron chi connectivity index (χ2n) is 5.05.